The minimum atomic E-state index is -0.948. The molecule has 21 heavy (non-hydrogen) atoms. The van der Waals surface area contributed by atoms with Crippen LogP contribution in [0.3, 0.4) is 0 Å². The molecule has 2 amide bonds. The molecule has 0 spiro atoms. The first-order valence-electron chi connectivity index (χ1n) is 7.60. The molecule has 1 saturated heterocycles. The summed E-state index contributed by atoms with van der Waals surface area (Å²) in [7, 11) is 0. The maximum absolute atomic E-state index is 12.1. The monoisotopic (exact) mass is 290 g/mol. The fourth-order valence-electron chi connectivity index (χ4n) is 3.18. The number of aryl methyl sites for hydroxylation is 1. The Labute approximate surface area is 124 Å². The first-order chi connectivity index (χ1) is 10.2. The number of urea groups is 1. The molecule has 5 heteroatoms. The van der Waals surface area contributed by atoms with Crippen LogP contribution < -0.4 is 5.32 Å². The number of amides is 2. The summed E-state index contributed by atoms with van der Waals surface area (Å²) in [6, 6.07) is 7.85. The molecule has 0 aromatic heterocycles. The number of benzene rings is 1. The van der Waals surface area contributed by atoms with E-state index in [4.69, 9.17) is 4.74 Å². The van der Waals surface area contributed by atoms with Crippen molar-refractivity contribution in [2.45, 2.75) is 24.9 Å². The highest BCUT2D eigenvalue weighted by molar-refractivity contribution is 5.74. The molecule has 2 aliphatic rings. The number of morpholine rings is 1. The summed E-state index contributed by atoms with van der Waals surface area (Å²) in [5, 5.41) is 13.8. The van der Waals surface area contributed by atoms with E-state index in [1.54, 1.807) is 4.90 Å². The summed E-state index contributed by atoms with van der Waals surface area (Å²) in [5.74, 6) is 0. The molecule has 3 rings (SSSR count). The van der Waals surface area contributed by atoms with E-state index in [1.165, 1.54) is 5.56 Å². The van der Waals surface area contributed by atoms with Crippen LogP contribution >= 0.6 is 0 Å². The lowest BCUT2D eigenvalue weighted by atomic mass is 9.79. The van der Waals surface area contributed by atoms with E-state index < -0.39 is 5.60 Å². The second-order valence-corrected chi connectivity index (χ2v) is 5.80. The van der Waals surface area contributed by atoms with Gasteiger partial charge in [-0.15, -0.1) is 0 Å². The maximum atomic E-state index is 12.1. The number of ether oxygens (including phenoxy) is 1. The summed E-state index contributed by atoms with van der Waals surface area (Å²) in [6.45, 7) is 2.66. The Balaban J connectivity index is 1.66. The minimum Gasteiger partial charge on any atom is -0.383 e. The van der Waals surface area contributed by atoms with Crippen LogP contribution in [0.2, 0.25) is 0 Å². The first-order valence-corrected chi connectivity index (χ1v) is 7.60. The fraction of sp³-hybridized carbons (Fsp3) is 0.562. The van der Waals surface area contributed by atoms with Gasteiger partial charge < -0.3 is 20.1 Å². The van der Waals surface area contributed by atoms with Crippen molar-refractivity contribution in [3.63, 3.8) is 0 Å². The predicted molar refractivity (Wildman–Crippen MR) is 79.1 cm³/mol. The lowest BCUT2D eigenvalue weighted by Crippen LogP contribution is -2.50. The Kier molecular flexibility index (Phi) is 4.12. The molecule has 1 atom stereocenters. The van der Waals surface area contributed by atoms with Gasteiger partial charge in [0.15, 0.2) is 0 Å². The van der Waals surface area contributed by atoms with Gasteiger partial charge in [0, 0.05) is 13.1 Å². The van der Waals surface area contributed by atoms with Crippen LogP contribution in [0.5, 0.6) is 0 Å². The van der Waals surface area contributed by atoms with Crippen molar-refractivity contribution in [3.05, 3.63) is 35.4 Å². The standard InChI is InChI=1S/C16H22N2O3/c19-15(18-8-10-21-11-9-18)17-12-16(20)7-3-5-13-4-1-2-6-14(13)16/h1-2,4,6,20H,3,5,7-12H2,(H,17,19). The van der Waals surface area contributed by atoms with Crippen LogP contribution in [0.25, 0.3) is 0 Å². The highest BCUT2D eigenvalue weighted by Crippen LogP contribution is 2.34. The number of fused-ring (bicyclic) bond motifs is 1. The van der Waals surface area contributed by atoms with Crippen molar-refractivity contribution in [1.82, 2.24) is 10.2 Å². The van der Waals surface area contributed by atoms with Crippen LogP contribution in [-0.2, 0) is 16.8 Å². The zero-order valence-corrected chi connectivity index (χ0v) is 12.2. The van der Waals surface area contributed by atoms with Crippen molar-refractivity contribution < 1.29 is 14.6 Å². The lowest BCUT2D eigenvalue weighted by molar-refractivity contribution is 0.0171. The zero-order valence-electron chi connectivity index (χ0n) is 12.2. The largest absolute Gasteiger partial charge is 0.383 e. The molecule has 1 fully saturated rings. The molecule has 1 unspecified atom stereocenters. The van der Waals surface area contributed by atoms with Gasteiger partial charge in [0.2, 0.25) is 0 Å². The van der Waals surface area contributed by atoms with E-state index in [9.17, 15) is 9.90 Å². The molecule has 0 bridgehead atoms. The van der Waals surface area contributed by atoms with E-state index >= 15 is 0 Å². The Morgan fingerprint density at radius 2 is 2.10 bits per heavy atom. The van der Waals surface area contributed by atoms with Gasteiger partial charge in [-0.3, -0.25) is 0 Å². The van der Waals surface area contributed by atoms with Gasteiger partial charge in [-0.2, -0.15) is 0 Å². The Morgan fingerprint density at radius 1 is 1.33 bits per heavy atom. The van der Waals surface area contributed by atoms with E-state index in [0.29, 0.717) is 32.7 Å². The number of rotatable bonds is 2. The zero-order chi connectivity index (χ0) is 14.7. The molecule has 1 aromatic carbocycles. The Morgan fingerprint density at radius 3 is 2.90 bits per heavy atom. The molecule has 1 aliphatic heterocycles. The number of aliphatic hydroxyl groups is 1. The third-order valence-corrected chi connectivity index (χ3v) is 4.39. The lowest BCUT2D eigenvalue weighted by Gasteiger charge is -2.35. The van der Waals surface area contributed by atoms with Gasteiger partial charge in [-0.25, -0.2) is 4.79 Å². The van der Waals surface area contributed by atoms with Crippen LogP contribution in [0.15, 0.2) is 24.3 Å². The number of nitrogens with one attached hydrogen (secondary N) is 1. The van der Waals surface area contributed by atoms with Crippen LogP contribution in [-0.4, -0.2) is 48.9 Å². The molecule has 5 nitrogen and oxygen atoms in total. The number of hydrogen-bond donors (Lipinski definition) is 2. The van der Waals surface area contributed by atoms with Crippen LogP contribution in [0.1, 0.15) is 24.0 Å². The average Bonchev–Trinajstić information content (AvgIpc) is 2.54. The SMILES string of the molecule is O=C(NCC1(O)CCCc2ccccc21)N1CCOCC1. The summed E-state index contributed by atoms with van der Waals surface area (Å²) >= 11 is 0. The van der Waals surface area contributed by atoms with Crippen molar-refractivity contribution in [3.8, 4) is 0 Å². The predicted octanol–water partition coefficient (Wildman–Crippen LogP) is 1.25. The summed E-state index contributed by atoms with van der Waals surface area (Å²) in [5.41, 5.74) is 1.20. The quantitative estimate of drug-likeness (QED) is 0.862. The van der Waals surface area contributed by atoms with E-state index in [0.717, 1.165) is 18.4 Å². The Bertz CT molecular complexity index is 514. The highest BCUT2D eigenvalue weighted by Gasteiger charge is 2.34. The molecular weight excluding hydrogens is 268 g/mol. The van der Waals surface area contributed by atoms with Crippen molar-refractivity contribution >= 4 is 6.03 Å². The molecule has 0 radical (unpaired) electrons. The van der Waals surface area contributed by atoms with Gasteiger partial charge in [0.1, 0.15) is 5.60 Å². The second-order valence-electron chi connectivity index (χ2n) is 5.80. The minimum absolute atomic E-state index is 0.116. The third kappa shape index (κ3) is 3.04. The smallest absolute Gasteiger partial charge is 0.317 e. The van der Waals surface area contributed by atoms with Crippen LogP contribution in [0.4, 0.5) is 4.79 Å². The number of carbonyl (C=O) groups is 1. The van der Waals surface area contributed by atoms with Crippen molar-refractivity contribution in [1.29, 1.82) is 0 Å². The molecule has 1 aromatic rings. The Hall–Kier alpha value is -1.59. The number of carbonyl (C=O) groups excluding carboxylic acids is 1. The fourth-order valence-corrected chi connectivity index (χ4v) is 3.18. The van der Waals surface area contributed by atoms with Gasteiger partial charge in [-0.1, -0.05) is 24.3 Å². The van der Waals surface area contributed by atoms with Crippen molar-refractivity contribution in [2.24, 2.45) is 0 Å². The number of nitrogens with zero attached hydrogens (tertiary/aromatic N) is 1. The van der Waals surface area contributed by atoms with Crippen LogP contribution in [0, 0.1) is 0 Å². The van der Waals surface area contributed by atoms with Gasteiger partial charge in [0.25, 0.3) is 0 Å². The number of hydrogen-bond acceptors (Lipinski definition) is 3. The van der Waals surface area contributed by atoms with Gasteiger partial charge in [0.05, 0.1) is 19.8 Å². The maximum Gasteiger partial charge on any atom is 0.317 e. The second kappa shape index (κ2) is 6.03. The molecular formula is C16H22N2O3. The van der Waals surface area contributed by atoms with Gasteiger partial charge >= 0.3 is 6.03 Å². The van der Waals surface area contributed by atoms with Crippen molar-refractivity contribution in [2.75, 3.05) is 32.8 Å². The molecule has 1 aliphatic carbocycles. The summed E-state index contributed by atoms with van der Waals surface area (Å²) < 4.78 is 5.24. The highest BCUT2D eigenvalue weighted by atomic mass is 16.5. The van der Waals surface area contributed by atoms with E-state index in [-0.39, 0.29) is 12.6 Å². The first kappa shape index (κ1) is 14.4. The molecule has 114 valence electrons. The third-order valence-electron chi connectivity index (χ3n) is 4.39. The molecule has 0 saturated carbocycles. The normalized spacial score (nSPS) is 25.3. The molecule has 1 heterocycles. The average molecular weight is 290 g/mol. The van der Waals surface area contributed by atoms with E-state index in [2.05, 4.69) is 11.4 Å². The molecule has 2 N–H and O–H groups in total. The topological polar surface area (TPSA) is 61.8 Å². The van der Waals surface area contributed by atoms with E-state index in [1.807, 2.05) is 18.2 Å². The summed E-state index contributed by atoms with van der Waals surface area (Å²) in [6.07, 6.45) is 2.63. The van der Waals surface area contributed by atoms with Gasteiger partial charge in [-0.05, 0) is 30.4 Å². The summed E-state index contributed by atoms with van der Waals surface area (Å²) in [4.78, 5) is 13.9.